The monoisotopic (exact) mass is 296 g/mol. The highest BCUT2D eigenvalue weighted by Gasteiger charge is 2.46. The lowest BCUT2D eigenvalue weighted by Gasteiger charge is -2.33. The summed E-state index contributed by atoms with van der Waals surface area (Å²) in [5, 5.41) is 3.06. The molecule has 1 amide bonds. The summed E-state index contributed by atoms with van der Waals surface area (Å²) in [7, 11) is 0. The van der Waals surface area contributed by atoms with Crippen LogP contribution in [0.5, 0.6) is 0 Å². The standard InChI is InChI=1S/C16H24N2O.ClH/c1-3-15(4-2,13-8-6-5-7-9-13)12-18-14(19)16(17)10-11-16;/h5-9H,3-4,10-12,17H2,1-2H3,(H,18,19);1H. The molecule has 1 aromatic carbocycles. The first kappa shape index (κ1) is 17.0. The highest BCUT2D eigenvalue weighted by molar-refractivity contribution is 5.89. The average molecular weight is 297 g/mol. The highest BCUT2D eigenvalue weighted by Crippen LogP contribution is 2.34. The van der Waals surface area contributed by atoms with Gasteiger partial charge in [0, 0.05) is 12.0 Å². The van der Waals surface area contributed by atoms with Gasteiger partial charge in [-0.1, -0.05) is 44.2 Å². The maximum Gasteiger partial charge on any atom is 0.240 e. The van der Waals surface area contributed by atoms with Crippen molar-refractivity contribution < 1.29 is 4.79 Å². The Labute approximate surface area is 127 Å². The molecule has 1 aromatic rings. The molecule has 0 unspecified atom stereocenters. The lowest BCUT2D eigenvalue weighted by molar-refractivity contribution is -0.123. The third-order valence-electron chi connectivity index (χ3n) is 4.57. The van der Waals surface area contributed by atoms with Crippen LogP contribution in [-0.2, 0) is 10.2 Å². The predicted molar refractivity (Wildman–Crippen MR) is 85.1 cm³/mol. The number of hydrogen-bond acceptors (Lipinski definition) is 2. The third-order valence-corrected chi connectivity index (χ3v) is 4.57. The third kappa shape index (κ3) is 3.33. The molecule has 3 nitrogen and oxygen atoms in total. The lowest BCUT2D eigenvalue weighted by atomic mass is 9.75. The van der Waals surface area contributed by atoms with Crippen molar-refractivity contribution in [2.75, 3.05) is 6.54 Å². The van der Waals surface area contributed by atoms with Crippen LogP contribution in [0.25, 0.3) is 0 Å². The van der Waals surface area contributed by atoms with Crippen LogP contribution in [0, 0.1) is 0 Å². The number of halogens is 1. The maximum atomic E-state index is 12.0. The first-order chi connectivity index (χ1) is 9.06. The van der Waals surface area contributed by atoms with Gasteiger partial charge in [-0.3, -0.25) is 4.79 Å². The number of carbonyl (C=O) groups is 1. The van der Waals surface area contributed by atoms with E-state index in [2.05, 4.69) is 43.4 Å². The smallest absolute Gasteiger partial charge is 0.240 e. The van der Waals surface area contributed by atoms with Crippen LogP contribution in [-0.4, -0.2) is 18.0 Å². The summed E-state index contributed by atoms with van der Waals surface area (Å²) >= 11 is 0. The van der Waals surface area contributed by atoms with Crippen molar-refractivity contribution in [3.8, 4) is 0 Å². The maximum absolute atomic E-state index is 12.0. The number of hydrogen-bond donors (Lipinski definition) is 2. The Balaban J connectivity index is 0.00000200. The first-order valence-electron chi connectivity index (χ1n) is 7.19. The van der Waals surface area contributed by atoms with Gasteiger partial charge in [-0.2, -0.15) is 0 Å². The van der Waals surface area contributed by atoms with Gasteiger partial charge in [0.15, 0.2) is 0 Å². The zero-order valence-corrected chi connectivity index (χ0v) is 13.1. The molecule has 3 N–H and O–H groups in total. The molecule has 112 valence electrons. The molecule has 20 heavy (non-hydrogen) atoms. The van der Waals surface area contributed by atoms with Crippen LogP contribution in [0.3, 0.4) is 0 Å². The van der Waals surface area contributed by atoms with Crippen LogP contribution in [0.2, 0.25) is 0 Å². The van der Waals surface area contributed by atoms with Crippen molar-refractivity contribution in [1.82, 2.24) is 5.32 Å². The number of amides is 1. The number of nitrogens with one attached hydrogen (secondary N) is 1. The average Bonchev–Trinajstić information content (AvgIpc) is 3.21. The minimum Gasteiger partial charge on any atom is -0.354 e. The molecular weight excluding hydrogens is 272 g/mol. The Morgan fingerprint density at radius 3 is 2.25 bits per heavy atom. The van der Waals surface area contributed by atoms with Gasteiger partial charge in [-0.15, -0.1) is 12.4 Å². The zero-order chi connectivity index (χ0) is 13.9. The van der Waals surface area contributed by atoms with Gasteiger partial charge >= 0.3 is 0 Å². The number of nitrogens with two attached hydrogens (primary N) is 1. The molecule has 2 rings (SSSR count). The normalized spacial score (nSPS) is 16.1. The van der Waals surface area contributed by atoms with Gasteiger partial charge in [0.25, 0.3) is 0 Å². The van der Waals surface area contributed by atoms with Gasteiger partial charge in [-0.25, -0.2) is 0 Å². The van der Waals surface area contributed by atoms with E-state index in [0.29, 0.717) is 6.54 Å². The van der Waals surface area contributed by atoms with Crippen molar-refractivity contribution in [2.24, 2.45) is 5.73 Å². The molecule has 1 aliphatic carbocycles. The van der Waals surface area contributed by atoms with Gasteiger partial charge < -0.3 is 11.1 Å². The quantitative estimate of drug-likeness (QED) is 0.848. The predicted octanol–water partition coefficient (Wildman–Crippen LogP) is 2.77. The summed E-state index contributed by atoms with van der Waals surface area (Å²) in [6.45, 7) is 5.03. The Kier molecular flexibility index (Phi) is 5.60. The van der Waals surface area contributed by atoms with E-state index in [1.165, 1.54) is 5.56 Å². The van der Waals surface area contributed by atoms with E-state index in [-0.39, 0.29) is 23.7 Å². The minimum absolute atomic E-state index is 0. The van der Waals surface area contributed by atoms with Gasteiger partial charge in [0.2, 0.25) is 5.91 Å². The fourth-order valence-corrected chi connectivity index (χ4v) is 2.59. The number of carbonyl (C=O) groups excluding carboxylic acids is 1. The highest BCUT2D eigenvalue weighted by atomic mass is 35.5. The molecule has 0 radical (unpaired) electrons. The molecule has 0 aromatic heterocycles. The zero-order valence-electron chi connectivity index (χ0n) is 12.3. The number of rotatable bonds is 6. The fraction of sp³-hybridized carbons (Fsp3) is 0.562. The van der Waals surface area contributed by atoms with Crippen molar-refractivity contribution in [3.05, 3.63) is 35.9 Å². The summed E-state index contributed by atoms with van der Waals surface area (Å²) < 4.78 is 0. The topological polar surface area (TPSA) is 55.1 Å². The van der Waals surface area contributed by atoms with Crippen LogP contribution >= 0.6 is 12.4 Å². The molecule has 1 saturated carbocycles. The Morgan fingerprint density at radius 2 is 1.80 bits per heavy atom. The van der Waals surface area contributed by atoms with Crippen molar-refractivity contribution in [2.45, 2.75) is 50.5 Å². The van der Waals surface area contributed by atoms with Crippen LogP contribution in [0.4, 0.5) is 0 Å². The van der Waals surface area contributed by atoms with Crippen molar-refractivity contribution >= 4 is 18.3 Å². The second kappa shape index (κ2) is 6.59. The molecule has 0 saturated heterocycles. The molecule has 0 spiro atoms. The van der Waals surface area contributed by atoms with Crippen LogP contribution < -0.4 is 11.1 Å². The van der Waals surface area contributed by atoms with Crippen molar-refractivity contribution in [3.63, 3.8) is 0 Å². The summed E-state index contributed by atoms with van der Waals surface area (Å²) in [6.07, 6.45) is 3.64. The van der Waals surface area contributed by atoms with E-state index in [9.17, 15) is 4.79 Å². The first-order valence-corrected chi connectivity index (χ1v) is 7.19. The summed E-state index contributed by atoms with van der Waals surface area (Å²) in [5.41, 5.74) is 6.66. The lowest BCUT2D eigenvalue weighted by Crippen LogP contribution is -2.48. The van der Waals surface area contributed by atoms with Crippen LogP contribution in [0.1, 0.15) is 45.1 Å². The second-order valence-electron chi connectivity index (χ2n) is 5.69. The van der Waals surface area contributed by atoms with Crippen LogP contribution in [0.15, 0.2) is 30.3 Å². The summed E-state index contributed by atoms with van der Waals surface area (Å²) in [4.78, 5) is 12.0. The summed E-state index contributed by atoms with van der Waals surface area (Å²) in [5.74, 6) is 0.00899. The van der Waals surface area contributed by atoms with Gasteiger partial charge in [0.05, 0.1) is 5.54 Å². The van der Waals surface area contributed by atoms with Gasteiger partial charge in [0.1, 0.15) is 0 Å². The molecule has 0 heterocycles. The van der Waals surface area contributed by atoms with E-state index in [1.807, 2.05) is 6.07 Å². The molecule has 1 fully saturated rings. The minimum atomic E-state index is -0.579. The Morgan fingerprint density at radius 1 is 1.25 bits per heavy atom. The SMILES string of the molecule is CCC(CC)(CNC(=O)C1(N)CC1)c1ccccc1.Cl. The Bertz CT molecular complexity index is 439. The number of benzene rings is 1. The van der Waals surface area contributed by atoms with E-state index in [4.69, 9.17) is 5.73 Å². The van der Waals surface area contributed by atoms with Crippen molar-refractivity contribution in [1.29, 1.82) is 0 Å². The molecule has 0 atom stereocenters. The second-order valence-corrected chi connectivity index (χ2v) is 5.69. The Hall–Kier alpha value is -1.06. The largest absolute Gasteiger partial charge is 0.354 e. The van der Waals surface area contributed by atoms with Gasteiger partial charge in [-0.05, 0) is 31.2 Å². The molecular formula is C16H25ClN2O. The molecule has 0 bridgehead atoms. The van der Waals surface area contributed by atoms with E-state index >= 15 is 0 Å². The fourth-order valence-electron chi connectivity index (χ4n) is 2.59. The molecule has 1 aliphatic rings. The summed E-state index contributed by atoms with van der Waals surface area (Å²) in [6, 6.07) is 10.4. The van der Waals surface area contributed by atoms with E-state index in [1.54, 1.807) is 0 Å². The van der Waals surface area contributed by atoms with E-state index in [0.717, 1.165) is 25.7 Å². The molecule has 0 aliphatic heterocycles. The van der Waals surface area contributed by atoms with E-state index < -0.39 is 5.54 Å². The molecule has 4 heteroatoms.